The quantitative estimate of drug-likeness (QED) is 0.219. The maximum atomic E-state index is 13.0. The van der Waals surface area contributed by atoms with Crippen molar-refractivity contribution in [2.75, 3.05) is 0 Å². The van der Waals surface area contributed by atoms with E-state index in [1.807, 2.05) is 6.92 Å². The maximum Gasteiger partial charge on any atom is 0.303 e. The van der Waals surface area contributed by atoms with Crippen molar-refractivity contribution in [2.24, 2.45) is 34.5 Å². The van der Waals surface area contributed by atoms with Crippen LogP contribution in [0.25, 0.3) is 0 Å². The van der Waals surface area contributed by atoms with Gasteiger partial charge >= 0.3 is 17.9 Å². The summed E-state index contributed by atoms with van der Waals surface area (Å²) in [7, 11) is 0. The van der Waals surface area contributed by atoms with Gasteiger partial charge in [0, 0.05) is 32.6 Å². The molecule has 0 heterocycles. The van der Waals surface area contributed by atoms with Crippen molar-refractivity contribution in [2.45, 2.75) is 136 Å². The molecule has 42 heavy (non-hydrogen) atoms. The highest BCUT2D eigenvalue weighted by Crippen LogP contribution is 2.70. The van der Waals surface area contributed by atoms with Gasteiger partial charge in [-0.15, -0.1) is 0 Å². The number of fused-ring (bicyclic) bond motifs is 5. The maximum absolute atomic E-state index is 13.0. The number of carbonyl (C=O) groups excluding carboxylic acids is 3. The van der Waals surface area contributed by atoms with Crippen molar-refractivity contribution >= 4 is 17.9 Å². The van der Waals surface area contributed by atoms with E-state index in [1.54, 1.807) is 6.08 Å². The first-order chi connectivity index (χ1) is 19.4. The molecule has 3 saturated carbocycles. The summed E-state index contributed by atoms with van der Waals surface area (Å²) in [5.41, 5.74) is -3.04. The highest BCUT2D eigenvalue weighted by atomic mass is 16.6. The van der Waals surface area contributed by atoms with E-state index in [0.717, 1.165) is 25.7 Å². The predicted octanol–water partition coefficient (Wildman–Crippen LogP) is 5.44. The van der Waals surface area contributed by atoms with Gasteiger partial charge in [0.25, 0.3) is 0 Å². The summed E-state index contributed by atoms with van der Waals surface area (Å²) >= 11 is 0. The normalized spacial score (nSPS) is 41.5. The first kappa shape index (κ1) is 32.7. The van der Waals surface area contributed by atoms with Gasteiger partial charge in [0.15, 0.2) is 0 Å². The molecule has 4 rings (SSSR count). The number of aliphatic hydroxyl groups is 2. The van der Waals surface area contributed by atoms with Crippen LogP contribution >= 0.6 is 0 Å². The standard InChI is InChI=1S/C34H52O8/c1-19(2)20(3)10-11-21(4)26-12-13-27-28-16-29(41-23(6)36)33(38)17-25(40-22(5)35)14-15-32(33,9)34(28,39)30(42-24(7)37)18-31(26,27)8/h16,19,21,25-27,29-30,38-39H,3,10-15,17-18H2,1-2,4-9H3/t21-,25+,26-,27+,29+,30-,31-,32+,33+,34+/m1/s1. The van der Waals surface area contributed by atoms with Crippen molar-refractivity contribution in [3.63, 3.8) is 0 Å². The second-order valence-corrected chi connectivity index (χ2v) is 14.5. The monoisotopic (exact) mass is 588 g/mol. The van der Waals surface area contributed by atoms with Crippen LogP contribution in [0.4, 0.5) is 0 Å². The molecule has 0 aromatic rings. The van der Waals surface area contributed by atoms with Crippen LogP contribution in [0, 0.1) is 34.5 Å². The largest absolute Gasteiger partial charge is 0.462 e. The summed E-state index contributed by atoms with van der Waals surface area (Å²) in [6.07, 6.45) is 4.10. The molecule has 0 aliphatic heterocycles. The lowest BCUT2D eigenvalue weighted by Gasteiger charge is -2.67. The van der Waals surface area contributed by atoms with E-state index in [0.29, 0.717) is 36.2 Å². The molecule has 0 radical (unpaired) electrons. The third-order valence-corrected chi connectivity index (χ3v) is 11.8. The summed E-state index contributed by atoms with van der Waals surface area (Å²) in [6, 6.07) is 0. The third kappa shape index (κ3) is 5.14. The second kappa shape index (κ2) is 11.4. The second-order valence-electron chi connectivity index (χ2n) is 14.5. The Morgan fingerprint density at radius 3 is 2.14 bits per heavy atom. The fraction of sp³-hybridized carbons (Fsp3) is 0.794. The van der Waals surface area contributed by atoms with Crippen LogP contribution in [0.2, 0.25) is 0 Å². The number of hydrogen-bond acceptors (Lipinski definition) is 8. The SMILES string of the molecule is C=C(CC[C@@H](C)[C@H]1CC[C@H]2C3=C[C@H](OC(C)=O)[C@@]4(O)C[C@@H](OC(C)=O)CC[C@]4(C)[C@@]3(O)[C@H](OC(C)=O)C[C@]12C)C(C)C. The molecule has 8 heteroatoms. The van der Waals surface area contributed by atoms with Gasteiger partial charge < -0.3 is 24.4 Å². The van der Waals surface area contributed by atoms with E-state index in [1.165, 1.54) is 26.3 Å². The zero-order valence-electron chi connectivity index (χ0n) is 26.8. The van der Waals surface area contributed by atoms with E-state index in [4.69, 9.17) is 14.2 Å². The minimum Gasteiger partial charge on any atom is -0.462 e. The Labute approximate surface area is 251 Å². The molecule has 0 bridgehead atoms. The number of esters is 3. The molecule has 4 aliphatic rings. The van der Waals surface area contributed by atoms with Crippen molar-refractivity contribution < 1.29 is 38.8 Å². The van der Waals surface area contributed by atoms with Crippen molar-refractivity contribution in [1.29, 1.82) is 0 Å². The number of allylic oxidation sites excluding steroid dienone is 1. The topological polar surface area (TPSA) is 119 Å². The summed E-state index contributed by atoms with van der Waals surface area (Å²) in [6.45, 7) is 18.9. The minimum absolute atomic E-state index is 0.0127. The predicted molar refractivity (Wildman–Crippen MR) is 158 cm³/mol. The lowest BCUT2D eigenvalue weighted by atomic mass is 9.42. The van der Waals surface area contributed by atoms with Gasteiger partial charge in [-0.1, -0.05) is 46.8 Å². The Balaban J connectivity index is 1.82. The van der Waals surface area contributed by atoms with Gasteiger partial charge in [0.1, 0.15) is 29.5 Å². The van der Waals surface area contributed by atoms with Crippen molar-refractivity contribution in [3.8, 4) is 0 Å². The van der Waals surface area contributed by atoms with Gasteiger partial charge in [0.05, 0.1) is 0 Å². The van der Waals surface area contributed by atoms with Crippen molar-refractivity contribution in [1.82, 2.24) is 0 Å². The van der Waals surface area contributed by atoms with E-state index >= 15 is 0 Å². The molecular formula is C34H52O8. The first-order valence-corrected chi connectivity index (χ1v) is 15.8. The Kier molecular flexibility index (Phi) is 8.87. The van der Waals surface area contributed by atoms with E-state index in [-0.39, 0.29) is 24.2 Å². The van der Waals surface area contributed by atoms with Gasteiger partial charge in [-0.05, 0) is 85.7 Å². The number of carbonyl (C=O) groups is 3. The number of ether oxygens (including phenoxy) is 3. The summed E-state index contributed by atoms with van der Waals surface area (Å²) in [4.78, 5) is 36.7. The highest BCUT2D eigenvalue weighted by Gasteiger charge is 2.75. The summed E-state index contributed by atoms with van der Waals surface area (Å²) in [5, 5.41) is 25.5. The molecule has 4 aliphatic carbocycles. The van der Waals surface area contributed by atoms with Gasteiger partial charge in [-0.25, -0.2) is 0 Å². The molecule has 0 saturated heterocycles. The minimum atomic E-state index is -1.76. The Morgan fingerprint density at radius 2 is 1.57 bits per heavy atom. The average Bonchev–Trinajstić information content (AvgIpc) is 3.21. The molecule has 0 aromatic heterocycles. The third-order valence-electron chi connectivity index (χ3n) is 11.8. The van der Waals surface area contributed by atoms with Crippen LogP contribution in [-0.4, -0.2) is 57.6 Å². The van der Waals surface area contributed by atoms with Gasteiger partial charge in [-0.3, -0.25) is 14.4 Å². The van der Waals surface area contributed by atoms with Crippen LogP contribution in [0.1, 0.15) is 107 Å². The number of hydrogen-bond donors (Lipinski definition) is 2. The summed E-state index contributed by atoms with van der Waals surface area (Å²) in [5.74, 6) is -0.397. The van der Waals surface area contributed by atoms with Gasteiger partial charge in [-0.2, -0.15) is 0 Å². The van der Waals surface area contributed by atoms with Crippen LogP contribution in [-0.2, 0) is 28.6 Å². The molecule has 10 atom stereocenters. The Morgan fingerprint density at radius 1 is 0.952 bits per heavy atom. The molecule has 0 amide bonds. The fourth-order valence-electron chi connectivity index (χ4n) is 9.39. The molecule has 0 unspecified atom stereocenters. The van der Waals surface area contributed by atoms with Crippen LogP contribution in [0.3, 0.4) is 0 Å². The van der Waals surface area contributed by atoms with Gasteiger partial charge in [0.2, 0.25) is 0 Å². The Hall–Kier alpha value is -2.19. The first-order valence-electron chi connectivity index (χ1n) is 15.8. The lowest BCUT2D eigenvalue weighted by Crippen LogP contribution is -2.77. The van der Waals surface area contributed by atoms with E-state index in [2.05, 4.69) is 34.3 Å². The lowest BCUT2D eigenvalue weighted by molar-refractivity contribution is -0.287. The van der Waals surface area contributed by atoms with E-state index < -0.39 is 52.8 Å². The molecule has 236 valence electrons. The zero-order valence-corrected chi connectivity index (χ0v) is 26.8. The zero-order chi connectivity index (χ0) is 31.4. The fourth-order valence-corrected chi connectivity index (χ4v) is 9.39. The molecule has 0 spiro atoms. The van der Waals surface area contributed by atoms with Crippen LogP contribution in [0.5, 0.6) is 0 Å². The molecule has 0 aromatic carbocycles. The summed E-state index contributed by atoms with van der Waals surface area (Å²) < 4.78 is 17.3. The van der Waals surface area contributed by atoms with Crippen LogP contribution < -0.4 is 0 Å². The highest BCUT2D eigenvalue weighted by molar-refractivity contribution is 5.68. The molecule has 2 N–H and O–H groups in total. The molecule has 3 fully saturated rings. The number of rotatable bonds is 8. The van der Waals surface area contributed by atoms with E-state index in [9.17, 15) is 24.6 Å². The Bertz CT molecular complexity index is 1140. The molecular weight excluding hydrogens is 536 g/mol. The molecule has 8 nitrogen and oxygen atoms in total. The average molecular weight is 589 g/mol. The van der Waals surface area contributed by atoms with Crippen molar-refractivity contribution in [3.05, 3.63) is 23.8 Å². The van der Waals surface area contributed by atoms with Crippen LogP contribution in [0.15, 0.2) is 23.8 Å². The smallest absolute Gasteiger partial charge is 0.303 e.